The van der Waals surface area contributed by atoms with E-state index < -0.39 is 7.12 Å². The Labute approximate surface area is 58.3 Å². The molecule has 0 fully saturated rings. The van der Waals surface area contributed by atoms with E-state index in [1.54, 1.807) is 30.3 Å². The molecule has 0 amide bonds. The van der Waals surface area contributed by atoms with Crippen molar-refractivity contribution in [3.05, 3.63) is 30.3 Å². The Hall–Kier alpha value is -0.865. The Morgan fingerprint density at radius 1 is 1.30 bits per heavy atom. The fraction of sp³-hybridized carbons (Fsp3) is 0. The predicted octanol–water partition coefficient (Wildman–Crippen LogP) is 0.275. The van der Waals surface area contributed by atoms with Crippen molar-refractivity contribution in [1.29, 1.82) is 0 Å². The molecule has 0 heterocycles. The lowest BCUT2D eigenvalue weighted by Crippen LogP contribution is -2.30. The average molecular weight is 140 g/mol. The third kappa shape index (κ3) is 1.56. The standard InChI is InChI=1S/C6H6BFO2/c8-10-7(9)6-4-2-1-3-5-6/h1-5,9H. The van der Waals surface area contributed by atoms with Gasteiger partial charge in [-0.1, -0.05) is 34.9 Å². The Bertz CT molecular complexity index is 192. The molecule has 2 nitrogen and oxygen atoms in total. The molecule has 0 unspecified atom stereocenters. The van der Waals surface area contributed by atoms with Crippen LogP contribution in [-0.4, -0.2) is 12.1 Å². The molecule has 0 atom stereocenters. The van der Waals surface area contributed by atoms with Crippen molar-refractivity contribution < 1.29 is 14.4 Å². The molecule has 1 aromatic rings. The lowest BCUT2D eigenvalue weighted by molar-refractivity contribution is -0.0267. The SMILES string of the molecule is OB(OF)c1ccccc1. The summed E-state index contributed by atoms with van der Waals surface area (Å²) in [5.74, 6) is 0. The summed E-state index contributed by atoms with van der Waals surface area (Å²) in [6.45, 7) is 0. The van der Waals surface area contributed by atoms with Gasteiger partial charge in [0.2, 0.25) is 0 Å². The average Bonchev–Trinajstić information content (AvgIpc) is 2.05. The fourth-order valence-corrected chi connectivity index (χ4v) is 0.669. The molecule has 0 bridgehead atoms. The van der Waals surface area contributed by atoms with Crippen molar-refractivity contribution in [1.82, 2.24) is 0 Å². The van der Waals surface area contributed by atoms with E-state index in [0.717, 1.165) is 0 Å². The highest BCUT2D eigenvalue weighted by molar-refractivity contribution is 6.59. The van der Waals surface area contributed by atoms with Crippen molar-refractivity contribution in [2.45, 2.75) is 0 Å². The Kier molecular flexibility index (Phi) is 2.42. The first kappa shape index (κ1) is 7.24. The maximum absolute atomic E-state index is 11.3. The van der Waals surface area contributed by atoms with Crippen LogP contribution in [0, 0.1) is 0 Å². The summed E-state index contributed by atoms with van der Waals surface area (Å²) in [4.78, 5) is 3.19. The zero-order valence-electron chi connectivity index (χ0n) is 5.20. The van der Waals surface area contributed by atoms with Gasteiger partial charge in [0.25, 0.3) is 0 Å². The van der Waals surface area contributed by atoms with E-state index in [9.17, 15) is 4.53 Å². The molecule has 52 valence electrons. The van der Waals surface area contributed by atoms with E-state index in [0.29, 0.717) is 5.46 Å². The summed E-state index contributed by atoms with van der Waals surface area (Å²) in [5.41, 5.74) is 0.407. The monoisotopic (exact) mass is 140 g/mol. The van der Waals surface area contributed by atoms with Gasteiger partial charge in [0.05, 0.1) is 0 Å². The van der Waals surface area contributed by atoms with E-state index in [1.807, 2.05) is 0 Å². The van der Waals surface area contributed by atoms with Crippen LogP contribution < -0.4 is 5.46 Å². The van der Waals surface area contributed by atoms with Crippen molar-refractivity contribution in [3.63, 3.8) is 0 Å². The fourth-order valence-electron chi connectivity index (χ4n) is 0.669. The Balaban J connectivity index is 2.75. The van der Waals surface area contributed by atoms with Gasteiger partial charge in [-0.25, -0.2) is 4.86 Å². The molecule has 1 aromatic carbocycles. The maximum atomic E-state index is 11.3. The summed E-state index contributed by atoms with van der Waals surface area (Å²) in [5, 5.41) is 8.73. The van der Waals surface area contributed by atoms with Gasteiger partial charge in [-0.15, -0.1) is 0 Å². The van der Waals surface area contributed by atoms with Gasteiger partial charge >= 0.3 is 7.12 Å². The molecule has 1 rings (SSSR count). The van der Waals surface area contributed by atoms with Crippen LogP contribution in [0.25, 0.3) is 0 Å². The van der Waals surface area contributed by atoms with Gasteiger partial charge in [0, 0.05) is 0 Å². The summed E-state index contributed by atoms with van der Waals surface area (Å²) < 4.78 is 11.3. The van der Waals surface area contributed by atoms with E-state index in [-0.39, 0.29) is 0 Å². The van der Waals surface area contributed by atoms with E-state index in [1.165, 1.54) is 0 Å². The molecule has 0 radical (unpaired) electrons. The first-order valence-electron chi connectivity index (χ1n) is 2.85. The minimum absolute atomic E-state index is 0.407. The number of benzene rings is 1. The highest BCUT2D eigenvalue weighted by Gasteiger charge is 2.15. The van der Waals surface area contributed by atoms with Gasteiger partial charge in [-0.2, -0.15) is 0 Å². The van der Waals surface area contributed by atoms with Crippen LogP contribution >= 0.6 is 0 Å². The smallest absolute Gasteiger partial charge is 0.421 e. The number of hydrogen-bond acceptors (Lipinski definition) is 2. The summed E-state index contributed by atoms with van der Waals surface area (Å²) >= 11 is 0. The summed E-state index contributed by atoms with van der Waals surface area (Å²) in [7, 11) is -1.46. The molecule has 4 heteroatoms. The van der Waals surface area contributed by atoms with Gasteiger partial charge in [0.1, 0.15) is 0 Å². The molecule has 0 saturated heterocycles. The summed E-state index contributed by atoms with van der Waals surface area (Å²) in [6, 6.07) is 8.30. The maximum Gasteiger partial charge on any atom is 0.529 e. The van der Waals surface area contributed by atoms with Gasteiger partial charge in [-0.05, 0) is 5.46 Å². The molecular weight excluding hydrogens is 134 g/mol. The van der Waals surface area contributed by atoms with Crippen LogP contribution in [0.3, 0.4) is 0 Å². The zero-order chi connectivity index (χ0) is 7.40. The van der Waals surface area contributed by atoms with Crippen LogP contribution in [-0.2, 0) is 4.86 Å². The highest BCUT2D eigenvalue weighted by atomic mass is 19.3. The molecule has 0 aromatic heterocycles. The van der Waals surface area contributed by atoms with Crippen molar-refractivity contribution >= 4 is 12.6 Å². The lowest BCUT2D eigenvalue weighted by Gasteiger charge is -1.97. The Morgan fingerprint density at radius 2 is 1.90 bits per heavy atom. The third-order valence-corrected chi connectivity index (χ3v) is 1.17. The van der Waals surface area contributed by atoms with Crippen LogP contribution in [0.5, 0.6) is 0 Å². The van der Waals surface area contributed by atoms with Crippen LogP contribution in [0.4, 0.5) is 4.53 Å². The number of halogens is 1. The van der Waals surface area contributed by atoms with E-state index in [2.05, 4.69) is 4.86 Å². The minimum atomic E-state index is -1.46. The van der Waals surface area contributed by atoms with E-state index >= 15 is 0 Å². The highest BCUT2D eigenvalue weighted by Crippen LogP contribution is 1.87. The molecule has 0 aliphatic rings. The van der Waals surface area contributed by atoms with Gasteiger partial charge in [-0.3, -0.25) is 0 Å². The quantitative estimate of drug-likeness (QED) is 0.597. The predicted molar refractivity (Wildman–Crippen MR) is 36.2 cm³/mol. The largest absolute Gasteiger partial charge is 0.529 e. The van der Waals surface area contributed by atoms with Crippen molar-refractivity contribution in [2.75, 3.05) is 0 Å². The van der Waals surface area contributed by atoms with Crippen molar-refractivity contribution in [2.24, 2.45) is 0 Å². The third-order valence-electron chi connectivity index (χ3n) is 1.17. The molecular formula is C6H6BFO2. The molecule has 1 N–H and O–H groups in total. The molecule has 0 saturated carbocycles. The molecule has 10 heavy (non-hydrogen) atoms. The second-order valence-electron chi connectivity index (χ2n) is 1.85. The molecule has 0 aliphatic carbocycles. The van der Waals surface area contributed by atoms with Crippen molar-refractivity contribution in [3.8, 4) is 0 Å². The second kappa shape index (κ2) is 3.34. The molecule has 0 aliphatic heterocycles. The summed E-state index contributed by atoms with van der Waals surface area (Å²) in [6.07, 6.45) is 0. The van der Waals surface area contributed by atoms with Gasteiger partial charge < -0.3 is 5.02 Å². The minimum Gasteiger partial charge on any atom is -0.421 e. The zero-order valence-corrected chi connectivity index (χ0v) is 5.20. The van der Waals surface area contributed by atoms with Crippen LogP contribution in [0.2, 0.25) is 0 Å². The molecule has 0 spiro atoms. The first-order chi connectivity index (χ1) is 4.84. The first-order valence-corrected chi connectivity index (χ1v) is 2.85. The normalized spacial score (nSPS) is 9.40. The topological polar surface area (TPSA) is 29.5 Å². The number of hydrogen-bond donors (Lipinski definition) is 1. The Morgan fingerprint density at radius 3 is 2.40 bits per heavy atom. The second-order valence-corrected chi connectivity index (χ2v) is 1.85. The van der Waals surface area contributed by atoms with Crippen LogP contribution in [0.1, 0.15) is 0 Å². The number of rotatable bonds is 2. The van der Waals surface area contributed by atoms with Crippen LogP contribution in [0.15, 0.2) is 30.3 Å². The van der Waals surface area contributed by atoms with E-state index in [4.69, 9.17) is 5.02 Å². The lowest BCUT2D eigenvalue weighted by atomic mass is 9.80. The van der Waals surface area contributed by atoms with Gasteiger partial charge in [0.15, 0.2) is 0 Å².